The lowest BCUT2D eigenvalue weighted by atomic mass is 9.77. The Labute approximate surface area is 230 Å². The summed E-state index contributed by atoms with van der Waals surface area (Å²) in [6, 6.07) is 35.2. The number of benzene rings is 4. The first-order valence-corrected chi connectivity index (χ1v) is 13.3. The minimum atomic E-state index is -0.762. The van der Waals surface area contributed by atoms with Gasteiger partial charge < -0.3 is 10.5 Å². The smallest absolute Gasteiger partial charge is 0.309 e. The van der Waals surface area contributed by atoms with Gasteiger partial charge >= 0.3 is 5.97 Å². The Morgan fingerprint density at radius 3 is 1.95 bits per heavy atom. The molecule has 0 aliphatic rings. The lowest BCUT2D eigenvalue weighted by Gasteiger charge is -2.37. The van der Waals surface area contributed by atoms with Gasteiger partial charge in [-0.15, -0.1) is 0 Å². The molecule has 5 nitrogen and oxygen atoms in total. The number of carbonyl (C=O) groups excluding carboxylic acids is 1. The molecule has 2 N–H and O–H groups in total. The Hall–Kier alpha value is -4.16. The van der Waals surface area contributed by atoms with Crippen LogP contribution in [0.25, 0.3) is 17.0 Å². The molecule has 0 amide bonds. The van der Waals surface area contributed by atoms with Gasteiger partial charge in [-0.2, -0.15) is 5.10 Å². The number of anilines is 1. The van der Waals surface area contributed by atoms with Crippen LogP contribution < -0.4 is 5.73 Å². The minimum absolute atomic E-state index is 0.185. The Kier molecular flexibility index (Phi) is 7.43. The van der Waals surface area contributed by atoms with Crippen molar-refractivity contribution >= 4 is 44.6 Å². The highest BCUT2D eigenvalue weighted by molar-refractivity contribution is 9.10. The number of hydrogen-bond donors (Lipinski definition) is 1. The van der Waals surface area contributed by atoms with Crippen LogP contribution in [0.15, 0.2) is 114 Å². The predicted octanol–water partition coefficient (Wildman–Crippen LogP) is 7.19. The van der Waals surface area contributed by atoms with Gasteiger partial charge in [0.1, 0.15) is 10.1 Å². The number of esters is 1. The number of halogens is 1. The summed E-state index contributed by atoms with van der Waals surface area (Å²) in [7, 11) is 0. The molecule has 0 bridgehead atoms. The molecule has 0 atom stereocenters. The zero-order valence-electron chi connectivity index (χ0n) is 21.1. The maximum atomic E-state index is 11.8. The number of aromatic nitrogens is 2. The number of nitrogen functional groups attached to an aromatic ring is 1. The van der Waals surface area contributed by atoms with Crippen molar-refractivity contribution in [2.75, 3.05) is 12.3 Å². The highest BCUT2D eigenvalue weighted by Gasteiger charge is 2.40. The van der Waals surface area contributed by atoms with Crippen LogP contribution >= 0.6 is 15.9 Å². The molecule has 0 unspecified atom stereocenters. The standard InChI is InChI=1S/C32H28BrN3O2/c1-2-38-30(37)20-12-13-23-21-27-29(22-28(23)34)36(35-31(27)33)32(24-14-6-3-7-15-24,25-16-8-4-9-17-25)26-18-10-5-11-19-26/h3-19,21-22H,2,20,34H2,1H3. The van der Waals surface area contributed by atoms with Gasteiger partial charge in [-0.1, -0.05) is 103 Å². The van der Waals surface area contributed by atoms with E-state index in [-0.39, 0.29) is 12.4 Å². The van der Waals surface area contributed by atoms with E-state index < -0.39 is 5.54 Å². The zero-order chi connectivity index (χ0) is 26.5. The minimum Gasteiger partial charge on any atom is -0.466 e. The summed E-state index contributed by atoms with van der Waals surface area (Å²) in [6.45, 7) is 2.15. The largest absolute Gasteiger partial charge is 0.466 e. The monoisotopic (exact) mass is 565 g/mol. The van der Waals surface area contributed by atoms with Crippen LogP contribution in [0.4, 0.5) is 5.69 Å². The second-order valence-corrected chi connectivity index (χ2v) is 9.67. The SMILES string of the molecule is CCOC(=O)CC=Cc1cc2c(Br)nn(C(c3ccccc3)(c3ccccc3)c3ccccc3)c2cc1N. The Morgan fingerprint density at radius 2 is 1.45 bits per heavy atom. The first kappa shape index (κ1) is 25.5. The second-order valence-electron chi connectivity index (χ2n) is 8.92. The summed E-state index contributed by atoms with van der Waals surface area (Å²) < 4.78 is 7.80. The van der Waals surface area contributed by atoms with E-state index in [2.05, 4.69) is 93.4 Å². The van der Waals surface area contributed by atoms with Gasteiger partial charge in [0.05, 0.1) is 18.5 Å². The van der Waals surface area contributed by atoms with E-state index in [4.69, 9.17) is 15.6 Å². The molecule has 6 heteroatoms. The van der Waals surface area contributed by atoms with Crippen molar-refractivity contribution in [3.8, 4) is 0 Å². The molecule has 190 valence electrons. The van der Waals surface area contributed by atoms with E-state index >= 15 is 0 Å². The summed E-state index contributed by atoms with van der Waals surface area (Å²) in [4.78, 5) is 11.8. The summed E-state index contributed by atoms with van der Waals surface area (Å²) in [6.07, 6.45) is 3.81. The number of nitrogens with two attached hydrogens (primary N) is 1. The number of nitrogens with zero attached hydrogens (tertiary/aromatic N) is 2. The molecule has 0 aliphatic heterocycles. The number of hydrogen-bond acceptors (Lipinski definition) is 4. The fourth-order valence-electron chi connectivity index (χ4n) is 4.96. The first-order valence-electron chi connectivity index (χ1n) is 12.5. The third-order valence-corrected chi connectivity index (χ3v) is 7.20. The third kappa shape index (κ3) is 4.63. The Morgan fingerprint density at radius 1 is 0.921 bits per heavy atom. The fourth-order valence-corrected chi connectivity index (χ4v) is 5.44. The molecule has 38 heavy (non-hydrogen) atoms. The molecule has 0 saturated heterocycles. The Balaban J connectivity index is 1.77. The molecule has 0 spiro atoms. The van der Waals surface area contributed by atoms with Gasteiger partial charge in [0.2, 0.25) is 0 Å². The fraction of sp³-hybridized carbons (Fsp3) is 0.125. The molecule has 0 fully saturated rings. The molecule has 0 saturated carbocycles. The van der Waals surface area contributed by atoms with Crippen LogP contribution in [0, 0.1) is 0 Å². The molecule has 1 heterocycles. The summed E-state index contributed by atoms with van der Waals surface area (Å²) in [5, 5.41) is 6.00. The van der Waals surface area contributed by atoms with E-state index in [0.717, 1.165) is 33.2 Å². The van der Waals surface area contributed by atoms with Crippen molar-refractivity contribution in [2.45, 2.75) is 18.9 Å². The van der Waals surface area contributed by atoms with Crippen molar-refractivity contribution in [3.63, 3.8) is 0 Å². The van der Waals surface area contributed by atoms with Crippen LogP contribution in [-0.4, -0.2) is 22.4 Å². The van der Waals surface area contributed by atoms with Gasteiger partial charge in [-0.25, -0.2) is 4.68 Å². The van der Waals surface area contributed by atoms with Crippen molar-refractivity contribution in [1.82, 2.24) is 9.78 Å². The molecule has 4 aromatic carbocycles. The van der Waals surface area contributed by atoms with E-state index in [1.807, 2.05) is 36.4 Å². The molecule has 0 aliphatic carbocycles. The maximum Gasteiger partial charge on any atom is 0.309 e. The van der Waals surface area contributed by atoms with E-state index in [1.54, 1.807) is 13.0 Å². The zero-order valence-corrected chi connectivity index (χ0v) is 22.6. The van der Waals surface area contributed by atoms with Gasteiger partial charge in [0.25, 0.3) is 0 Å². The molecule has 0 radical (unpaired) electrons. The molecule has 5 rings (SSSR count). The highest BCUT2D eigenvalue weighted by atomic mass is 79.9. The van der Waals surface area contributed by atoms with Crippen LogP contribution in [0.5, 0.6) is 0 Å². The molecule has 5 aromatic rings. The van der Waals surface area contributed by atoms with Crippen LogP contribution in [0.2, 0.25) is 0 Å². The Bertz CT molecular complexity index is 1480. The van der Waals surface area contributed by atoms with Gasteiger partial charge in [0, 0.05) is 11.1 Å². The third-order valence-electron chi connectivity index (χ3n) is 6.62. The number of carbonyl (C=O) groups is 1. The normalized spacial score (nSPS) is 11.7. The van der Waals surface area contributed by atoms with Crippen molar-refractivity contribution in [3.05, 3.63) is 136 Å². The van der Waals surface area contributed by atoms with E-state index in [9.17, 15) is 4.79 Å². The topological polar surface area (TPSA) is 70.1 Å². The molecular weight excluding hydrogens is 538 g/mol. The average Bonchev–Trinajstić information content (AvgIpc) is 3.26. The van der Waals surface area contributed by atoms with Crippen molar-refractivity contribution in [1.29, 1.82) is 0 Å². The number of ether oxygens (including phenoxy) is 1. The van der Waals surface area contributed by atoms with Gasteiger partial charge in [-0.3, -0.25) is 4.79 Å². The second kappa shape index (κ2) is 11.1. The van der Waals surface area contributed by atoms with Crippen LogP contribution in [-0.2, 0) is 15.1 Å². The quantitative estimate of drug-likeness (QED) is 0.123. The lowest BCUT2D eigenvalue weighted by molar-refractivity contribution is -0.142. The highest BCUT2D eigenvalue weighted by Crippen LogP contribution is 2.44. The first-order chi connectivity index (χ1) is 18.6. The number of fused-ring (bicyclic) bond motifs is 1. The molecular formula is C32H28BrN3O2. The average molecular weight is 566 g/mol. The predicted molar refractivity (Wildman–Crippen MR) is 157 cm³/mol. The summed E-state index contributed by atoms with van der Waals surface area (Å²) in [5.74, 6) is -0.268. The van der Waals surface area contributed by atoms with Crippen LogP contribution in [0.3, 0.4) is 0 Å². The molecule has 1 aromatic heterocycles. The summed E-state index contributed by atoms with van der Waals surface area (Å²) in [5.41, 5.74) is 11.3. The van der Waals surface area contributed by atoms with Gasteiger partial charge in [0.15, 0.2) is 0 Å². The van der Waals surface area contributed by atoms with Gasteiger partial charge in [-0.05, 0) is 57.2 Å². The van der Waals surface area contributed by atoms with Crippen molar-refractivity contribution in [2.24, 2.45) is 0 Å². The van der Waals surface area contributed by atoms with E-state index in [1.165, 1.54) is 0 Å². The van der Waals surface area contributed by atoms with E-state index in [0.29, 0.717) is 16.9 Å². The summed E-state index contributed by atoms with van der Waals surface area (Å²) >= 11 is 3.73. The van der Waals surface area contributed by atoms with Crippen LogP contribution in [0.1, 0.15) is 35.6 Å². The maximum absolute atomic E-state index is 11.8. The van der Waals surface area contributed by atoms with Crippen molar-refractivity contribution < 1.29 is 9.53 Å². The number of rotatable bonds is 8. The lowest BCUT2D eigenvalue weighted by Crippen LogP contribution is -2.38.